The minimum atomic E-state index is 0.612. The molecule has 0 saturated carbocycles. The molecule has 0 aromatic heterocycles. The van der Waals surface area contributed by atoms with Gasteiger partial charge in [-0.15, -0.1) is 0 Å². The lowest BCUT2D eigenvalue weighted by molar-refractivity contribution is 1.05. The summed E-state index contributed by atoms with van der Waals surface area (Å²) in [6, 6.07) is 4.19. The maximum Gasteiger partial charge on any atom is 0.130 e. The second-order valence-electron chi connectivity index (χ2n) is 2.85. The molecule has 1 aromatic rings. The summed E-state index contributed by atoms with van der Waals surface area (Å²) in [6.45, 7) is 8.76. The van der Waals surface area contributed by atoms with E-state index < -0.39 is 0 Å². The van der Waals surface area contributed by atoms with Crippen molar-refractivity contribution in [3.8, 4) is 0 Å². The van der Waals surface area contributed by atoms with Gasteiger partial charge in [0.25, 0.3) is 0 Å². The molecule has 0 amide bonds. The first-order chi connectivity index (χ1) is 6.29. The maximum absolute atomic E-state index is 4.29. The van der Waals surface area contributed by atoms with Gasteiger partial charge in [-0.05, 0) is 25.0 Å². The molecule has 1 aliphatic rings. The molecule has 70 valence electrons. The van der Waals surface area contributed by atoms with Crippen LogP contribution in [0.4, 0.5) is 0 Å². The van der Waals surface area contributed by atoms with Crippen LogP contribution in [0.25, 0.3) is 0 Å². The highest BCUT2D eigenvalue weighted by molar-refractivity contribution is 5.20. The van der Waals surface area contributed by atoms with Crippen LogP contribution in [0.2, 0.25) is 0 Å². The Hall–Kier alpha value is -1.18. The predicted molar refractivity (Wildman–Crippen MR) is 54.4 cm³/mol. The molecule has 0 radical (unpaired) electrons. The van der Waals surface area contributed by atoms with E-state index >= 15 is 0 Å². The summed E-state index contributed by atoms with van der Waals surface area (Å²) in [4.78, 5) is 8.59. The smallest absolute Gasteiger partial charge is 0.130 e. The molecular weight excluding hydrogens is 160 g/mol. The van der Waals surface area contributed by atoms with Crippen LogP contribution in [0.3, 0.4) is 0 Å². The first-order valence-electron chi connectivity index (χ1n) is 4.74. The van der Waals surface area contributed by atoms with Gasteiger partial charge in [-0.25, -0.2) is 0 Å². The highest BCUT2D eigenvalue weighted by Gasteiger charge is 2.00. The fraction of sp³-hybridized carbons (Fsp3) is 0.455. The molecule has 13 heavy (non-hydrogen) atoms. The zero-order valence-electron chi connectivity index (χ0n) is 8.76. The van der Waals surface area contributed by atoms with E-state index in [-0.39, 0.29) is 0 Å². The molecule has 0 spiro atoms. The number of hydrogen-bond acceptors (Lipinski definition) is 2. The highest BCUT2D eigenvalue weighted by atomic mass is 15.0. The number of hydrogen-bond donors (Lipinski definition) is 0. The van der Waals surface area contributed by atoms with Gasteiger partial charge >= 0.3 is 0 Å². The van der Waals surface area contributed by atoms with Gasteiger partial charge in [-0.3, -0.25) is 9.98 Å². The van der Waals surface area contributed by atoms with E-state index in [0.717, 1.165) is 10.7 Å². The normalized spacial score (nSPS) is 12.0. The van der Waals surface area contributed by atoms with Crippen LogP contribution in [0.1, 0.15) is 25.0 Å². The molecule has 2 heteroatoms. The van der Waals surface area contributed by atoms with Gasteiger partial charge in [-0.1, -0.05) is 26.0 Å². The lowest BCUT2D eigenvalue weighted by Crippen LogP contribution is -2.26. The quantitative estimate of drug-likeness (QED) is 0.573. The van der Waals surface area contributed by atoms with Crippen LogP contribution < -0.4 is 10.7 Å². The van der Waals surface area contributed by atoms with Crippen LogP contribution in [-0.2, 0) is 0 Å². The molecule has 1 aromatic carbocycles. The molecule has 2 rings (SSSR count). The second-order valence-corrected chi connectivity index (χ2v) is 2.85. The van der Waals surface area contributed by atoms with Crippen molar-refractivity contribution in [2.24, 2.45) is 9.98 Å². The molecule has 1 heterocycles. The summed E-state index contributed by atoms with van der Waals surface area (Å²) in [7, 11) is 0. The third-order valence-electron chi connectivity index (χ3n) is 2.01. The Morgan fingerprint density at radius 2 is 1.31 bits per heavy atom. The minimum Gasteiger partial charge on any atom is -0.259 e. The zero-order valence-corrected chi connectivity index (χ0v) is 8.76. The molecule has 2 nitrogen and oxygen atoms in total. The first-order valence-corrected chi connectivity index (χ1v) is 4.74. The van der Waals surface area contributed by atoms with Crippen molar-refractivity contribution in [2.75, 3.05) is 6.67 Å². The fourth-order valence-electron chi connectivity index (χ4n) is 1.36. The zero-order chi connectivity index (χ0) is 9.84. The molecule has 0 N–H and O–H groups in total. The van der Waals surface area contributed by atoms with E-state index in [2.05, 4.69) is 36.0 Å². The average molecular weight is 176 g/mol. The lowest BCUT2D eigenvalue weighted by Gasteiger charge is -1.93. The molecule has 0 fully saturated rings. The fourth-order valence-corrected chi connectivity index (χ4v) is 1.36. The largest absolute Gasteiger partial charge is 0.259 e. The van der Waals surface area contributed by atoms with Crippen LogP contribution in [0, 0.1) is 13.8 Å². The topological polar surface area (TPSA) is 24.7 Å². The Morgan fingerprint density at radius 1 is 0.923 bits per heavy atom. The first kappa shape index (κ1) is 9.90. The average Bonchev–Trinajstić information content (AvgIpc) is 2.64. The Labute approximate surface area is 79.0 Å². The number of benzene rings is 1. The number of aryl methyl sites for hydroxylation is 2. The molecule has 0 unspecified atom stereocenters. The molecule has 1 aliphatic heterocycles. The molecular formula is C11H16N2. The van der Waals surface area contributed by atoms with Crippen molar-refractivity contribution < 1.29 is 0 Å². The van der Waals surface area contributed by atoms with Crippen molar-refractivity contribution in [3.63, 3.8) is 0 Å². The second kappa shape index (κ2) is 4.17. The van der Waals surface area contributed by atoms with Crippen molar-refractivity contribution in [2.45, 2.75) is 27.7 Å². The van der Waals surface area contributed by atoms with Crippen LogP contribution in [-0.4, -0.2) is 6.67 Å². The predicted octanol–water partition coefficient (Wildman–Crippen LogP) is 1.54. The number of nitrogens with zero attached hydrogens (tertiary/aromatic N) is 2. The van der Waals surface area contributed by atoms with E-state index in [1.165, 1.54) is 11.1 Å². The van der Waals surface area contributed by atoms with E-state index in [1.807, 2.05) is 13.8 Å². The van der Waals surface area contributed by atoms with Gasteiger partial charge in [0.2, 0.25) is 0 Å². The standard InChI is InChI=1S/C9H10N2.C2H6/c1-6-3-4-7(2)9-8(6)10-5-11-9;1-2/h3-4H,5H2,1-2H3;1-2H3. The number of fused-ring (bicyclic) bond motifs is 1. The van der Waals surface area contributed by atoms with Gasteiger partial charge in [0.05, 0.1) is 10.7 Å². The minimum absolute atomic E-state index is 0.612. The molecule has 0 aliphatic carbocycles. The van der Waals surface area contributed by atoms with Gasteiger partial charge in [0.15, 0.2) is 0 Å². The van der Waals surface area contributed by atoms with Crippen molar-refractivity contribution in [3.05, 3.63) is 34.0 Å². The molecule has 0 saturated heterocycles. The van der Waals surface area contributed by atoms with E-state index in [1.54, 1.807) is 0 Å². The van der Waals surface area contributed by atoms with E-state index in [9.17, 15) is 0 Å². The third kappa shape index (κ3) is 1.77. The SMILES string of the molecule is CC.Cc1ccc(C)c2c1=NCN=2. The van der Waals surface area contributed by atoms with E-state index in [4.69, 9.17) is 0 Å². The van der Waals surface area contributed by atoms with Gasteiger partial charge in [-0.2, -0.15) is 0 Å². The monoisotopic (exact) mass is 176 g/mol. The molecule has 0 atom stereocenters. The summed E-state index contributed by atoms with van der Waals surface area (Å²) in [6.07, 6.45) is 0. The third-order valence-corrected chi connectivity index (χ3v) is 2.01. The van der Waals surface area contributed by atoms with Crippen LogP contribution >= 0.6 is 0 Å². The van der Waals surface area contributed by atoms with Crippen molar-refractivity contribution >= 4 is 0 Å². The molecule has 0 bridgehead atoms. The van der Waals surface area contributed by atoms with Crippen molar-refractivity contribution in [1.82, 2.24) is 0 Å². The summed E-state index contributed by atoms with van der Waals surface area (Å²) < 4.78 is 0. The summed E-state index contributed by atoms with van der Waals surface area (Å²) in [5.74, 6) is 0. The van der Waals surface area contributed by atoms with Gasteiger partial charge in [0.1, 0.15) is 6.67 Å². The van der Waals surface area contributed by atoms with Gasteiger partial charge in [0, 0.05) is 0 Å². The number of rotatable bonds is 0. The lowest BCUT2D eigenvalue weighted by atomic mass is 10.1. The van der Waals surface area contributed by atoms with Gasteiger partial charge < -0.3 is 0 Å². The van der Waals surface area contributed by atoms with Crippen LogP contribution in [0.15, 0.2) is 22.1 Å². The Kier molecular flexibility index (Phi) is 3.18. The Bertz CT molecular complexity index is 366. The van der Waals surface area contributed by atoms with Crippen LogP contribution in [0.5, 0.6) is 0 Å². The van der Waals surface area contributed by atoms with E-state index in [0.29, 0.717) is 6.67 Å². The Balaban J connectivity index is 0.000000396. The summed E-state index contributed by atoms with van der Waals surface area (Å²) in [5.41, 5.74) is 2.46. The summed E-state index contributed by atoms with van der Waals surface area (Å²) >= 11 is 0. The maximum atomic E-state index is 4.29. The summed E-state index contributed by atoms with van der Waals surface area (Å²) in [5, 5.41) is 2.18. The Morgan fingerprint density at radius 3 is 1.69 bits per heavy atom. The van der Waals surface area contributed by atoms with Crippen molar-refractivity contribution in [1.29, 1.82) is 0 Å². The highest BCUT2D eigenvalue weighted by Crippen LogP contribution is 1.92.